The first kappa shape index (κ1) is 15.4. The van der Waals surface area contributed by atoms with Gasteiger partial charge in [-0.2, -0.15) is 0 Å². The minimum atomic E-state index is -0.694. The molecule has 18 heavy (non-hydrogen) atoms. The minimum absolute atomic E-state index is 0.142. The molecule has 4 nitrogen and oxygen atoms in total. The highest BCUT2D eigenvalue weighted by Gasteiger charge is 2.28. The predicted molar refractivity (Wildman–Crippen MR) is 73.8 cm³/mol. The first-order chi connectivity index (χ1) is 8.45. The van der Waals surface area contributed by atoms with Crippen molar-refractivity contribution < 1.29 is 9.90 Å². The molecule has 0 aromatic carbocycles. The molecule has 1 saturated heterocycles. The third-order valence-electron chi connectivity index (χ3n) is 4.10. The molecule has 0 aliphatic carbocycles. The molecular weight excluding hydrogens is 228 g/mol. The van der Waals surface area contributed by atoms with Crippen LogP contribution in [0.3, 0.4) is 0 Å². The number of carbonyl (C=O) groups is 1. The standard InChI is InChI=1S/C14H28N2O2/c1-5-16(12(4)10-14(17)18)13-6-8-15(9-7-13)11(2)3/h11-13H,5-10H2,1-4H3,(H,17,18). The van der Waals surface area contributed by atoms with E-state index in [-0.39, 0.29) is 12.5 Å². The Balaban J connectivity index is 2.50. The van der Waals surface area contributed by atoms with E-state index < -0.39 is 5.97 Å². The lowest BCUT2D eigenvalue weighted by Gasteiger charge is -2.41. The van der Waals surface area contributed by atoms with Gasteiger partial charge in [-0.25, -0.2) is 0 Å². The van der Waals surface area contributed by atoms with Crippen LogP contribution in [0.4, 0.5) is 0 Å². The van der Waals surface area contributed by atoms with Gasteiger partial charge in [-0.15, -0.1) is 0 Å². The Hall–Kier alpha value is -0.610. The summed E-state index contributed by atoms with van der Waals surface area (Å²) in [4.78, 5) is 15.7. The zero-order chi connectivity index (χ0) is 13.7. The zero-order valence-electron chi connectivity index (χ0n) is 12.2. The molecule has 0 spiro atoms. The largest absolute Gasteiger partial charge is 0.481 e. The minimum Gasteiger partial charge on any atom is -0.481 e. The molecule has 1 rings (SSSR count). The maximum absolute atomic E-state index is 10.8. The normalized spacial score (nSPS) is 20.6. The molecule has 0 saturated carbocycles. The molecular formula is C14H28N2O2. The number of carboxylic acid groups (broad SMARTS) is 1. The van der Waals surface area contributed by atoms with E-state index in [0.29, 0.717) is 12.1 Å². The van der Waals surface area contributed by atoms with Crippen molar-refractivity contribution in [3.8, 4) is 0 Å². The summed E-state index contributed by atoms with van der Waals surface area (Å²) in [6.45, 7) is 11.9. The summed E-state index contributed by atoms with van der Waals surface area (Å²) in [7, 11) is 0. The molecule has 1 aliphatic heterocycles. The average molecular weight is 256 g/mol. The van der Waals surface area contributed by atoms with Crippen molar-refractivity contribution in [3.05, 3.63) is 0 Å². The van der Waals surface area contributed by atoms with Crippen LogP contribution in [0.1, 0.15) is 47.0 Å². The number of likely N-dealkylation sites (tertiary alicyclic amines) is 1. The molecule has 1 unspecified atom stereocenters. The molecule has 1 fully saturated rings. The zero-order valence-corrected chi connectivity index (χ0v) is 12.2. The highest BCUT2D eigenvalue weighted by molar-refractivity contribution is 5.67. The van der Waals surface area contributed by atoms with Crippen molar-refractivity contribution >= 4 is 5.97 Å². The predicted octanol–water partition coefficient (Wildman–Crippen LogP) is 2.04. The van der Waals surface area contributed by atoms with E-state index in [1.54, 1.807) is 0 Å². The van der Waals surface area contributed by atoms with Gasteiger partial charge in [0.1, 0.15) is 0 Å². The number of rotatable bonds is 6. The maximum atomic E-state index is 10.8. The van der Waals surface area contributed by atoms with E-state index >= 15 is 0 Å². The van der Waals surface area contributed by atoms with Gasteiger partial charge in [0.05, 0.1) is 6.42 Å². The number of aliphatic carboxylic acids is 1. The van der Waals surface area contributed by atoms with Crippen molar-refractivity contribution in [3.63, 3.8) is 0 Å². The average Bonchev–Trinajstić information content (AvgIpc) is 2.29. The van der Waals surface area contributed by atoms with Gasteiger partial charge in [0.2, 0.25) is 0 Å². The van der Waals surface area contributed by atoms with Gasteiger partial charge in [0.25, 0.3) is 0 Å². The molecule has 106 valence electrons. The topological polar surface area (TPSA) is 43.8 Å². The lowest BCUT2D eigenvalue weighted by atomic mass is 9.99. The van der Waals surface area contributed by atoms with Crippen LogP contribution in [-0.4, -0.2) is 58.6 Å². The van der Waals surface area contributed by atoms with Crippen LogP contribution >= 0.6 is 0 Å². The van der Waals surface area contributed by atoms with Crippen LogP contribution in [0.25, 0.3) is 0 Å². The second-order valence-corrected chi connectivity index (χ2v) is 5.64. The second-order valence-electron chi connectivity index (χ2n) is 5.64. The fourth-order valence-electron chi connectivity index (χ4n) is 3.03. The van der Waals surface area contributed by atoms with Crippen molar-refractivity contribution in [1.82, 2.24) is 9.80 Å². The summed E-state index contributed by atoms with van der Waals surface area (Å²) in [5.74, 6) is -0.694. The molecule has 1 N–H and O–H groups in total. The quantitative estimate of drug-likeness (QED) is 0.790. The SMILES string of the molecule is CCN(C(C)CC(=O)O)C1CCN(C(C)C)CC1. The van der Waals surface area contributed by atoms with Gasteiger partial charge < -0.3 is 10.0 Å². The van der Waals surface area contributed by atoms with E-state index in [4.69, 9.17) is 5.11 Å². The number of nitrogens with zero attached hydrogens (tertiary/aromatic N) is 2. The summed E-state index contributed by atoms with van der Waals surface area (Å²) in [6.07, 6.45) is 2.57. The van der Waals surface area contributed by atoms with Crippen LogP contribution in [0.15, 0.2) is 0 Å². The molecule has 4 heteroatoms. The van der Waals surface area contributed by atoms with Gasteiger partial charge in [-0.05, 0) is 53.2 Å². The number of hydrogen-bond donors (Lipinski definition) is 1. The van der Waals surface area contributed by atoms with Crippen LogP contribution in [-0.2, 0) is 4.79 Å². The Morgan fingerprint density at radius 1 is 1.33 bits per heavy atom. The van der Waals surface area contributed by atoms with E-state index in [1.165, 1.54) is 0 Å². The van der Waals surface area contributed by atoms with Crippen molar-refractivity contribution in [2.24, 2.45) is 0 Å². The van der Waals surface area contributed by atoms with Gasteiger partial charge in [-0.1, -0.05) is 6.92 Å². The molecule has 0 amide bonds. The van der Waals surface area contributed by atoms with Gasteiger partial charge in [0.15, 0.2) is 0 Å². The van der Waals surface area contributed by atoms with Gasteiger partial charge in [0, 0.05) is 18.1 Å². The molecule has 1 aliphatic rings. The molecule has 0 bridgehead atoms. The lowest BCUT2D eigenvalue weighted by Crippen LogP contribution is -2.49. The third-order valence-corrected chi connectivity index (χ3v) is 4.10. The Labute approximate surface area is 111 Å². The number of carboxylic acids is 1. The van der Waals surface area contributed by atoms with E-state index in [0.717, 1.165) is 32.5 Å². The number of piperidine rings is 1. The molecule has 0 aromatic heterocycles. The van der Waals surface area contributed by atoms with E-state index in [2.05, 4.69) is 30.6 Å². The Morgan fingerprint density at radius 3 is 2.28 bits per heavy atom. The van der Waals surface area contributed by atoms with Crippen molar-refractivity contribution in [2.45, 2.75) is 65.1 Å². The van der Waals surface area contributed by atoms with Crippen molar-refractivity contribution in [2.75, 3.05) is 19.6 Å². The fourth-order valence-corrected chi connectivity index (χ4v) is 3.03. The summed E-state index contributed by atoms with van der Waals surface area (Å²) in [5, 5.41) is 8.91. The second kappa shape index (κ2) is 7.10. The monoisotopic (exact) mass is 256 g/mol. The Bertz CT molecular complexity index is 261. The van der Waals surface area contributed by atoms with Crippen LogP contribution in [0.2, 0.25) is 0 Å². The maximum Gasteiger partial charge on any atom is 0.304 e. The molecule has 0 radical (unpaired) electrons. The van der Waals surface area contributed by atoms with Gasteiger partial charge in [-0.3, -0.25) is 9.69 Å². The van der Waals surface area contributed by atoms with Crippen LogP contribution in [0.5, 0.6) is 0 Å². The Kier molecular flexibility index (Phi) is 6.09. The smallest absolute Gasteiger partial charge is 0.304 e. The summed E-state index contributed by atoms with van der Waals surface area (Å²) < 4.78 is 0. The summed E-state index contributed by atoms with van der Waals surface area (Å²) in [6, 6.07) is 1.32. The number of hydrogen-bond acceptors (Lipinski definition) is 3. The van der Waals surface area contributed by atoms with Gasteiger partial charge >= 0.3 is 5.97 Å². The van der Waals surface area contributed by atoms with Crippen molar-refractivity contribution in [1.29, 1.82) is 0 Å². The van der Waals surface area contributed by atoms with E-state index in [9.17, 15) is 4.79 Å². The highest BCUT2D eigenvalue weighted by Crippen LogP contribution is 2.21. The van der Waals surface area contributed by atoms with Crippen LogP contribution in [0, 0.1) is 0 Å². The molecule has 1 heterocycles. The Morgan fingerprint density at radius 2 is 1.89 bits per heavy atom. The van der Waals surface area contributed by atoms with Crippen LogP contribution < -0.4 is 0 Å². The molecule has 1 atom stereocenters. The fraction of sp³-hybridized carbons (Fsp3) is 0.929. The first-order valence-electron chi connectivity index (χ1n) is 7.17. The lowest BCUT2D eigenvalue weighted by molar-refractivity contribution is -0.138. The summed E-state index contributed by atoms with van der Waals surface area (Å²) in [5.41, 5.74) is 0. The summed E-state index contributed by atoms with van der Waals surface area (Å²) >= 11 is 0. The molecule has 0 aromatic rings. The first-order valence-corrected chi connectivity index (χ1v) is 7.17. The third kappa shape index (κ3) is 4.25. The highest BCUT2D eigenvalue weighted by atomic mass is 16.4. The van der Waals surface area contributed by atoms with E-state index in [1.807, 2.05) is 6.92 Å².